The Bertz CT molecular complexity index is 1150. The highest BCUT2D eigenvalue weighted by Crippen LogP contribution is 2.36. The van der Waals surface area contributed by atoms with Crippen molar-refractivity contribution >= 4 is 29.1 Å². The highest BCUT2D eigenvalue weighted by atomic mass is 35.5. The van der Waals surface area contributed by atoms with Crippen LogP contribution in [0.4, 0.5) is 16.3 Å². The Labute approximate surface area is 203 Å². The molecule has 1 aromatic heterocycles. The first kappa shape index (κ1) is 23.4. The number of ether oxygens (including phenoxy) is 3. The molecule has 4 rings (SSSR count). The van der Waals surface area contributed by atoms with Gasteiger partial charge < -0.3 is 29.3 Å². The molecule has 1 fully saturated rings. The van der Waals surface area contributed by atoms with Gasteiger partial charge in [-0.15, -0.1) is 0 Å². The molecule has 2 amide bonds. The number of hydrogen-bond donors (Lipinski definition) is 1. The van der Waals surface area contributed by atoms with Crippen LogP contribution in [0.3, 0.4) is 0 Å². The maximum Gasteiger partial charge on any atom is 0.322 e. The van der Waals surface area contributed by atoms with Gasteiger partial charge in [-0.1, -0.05) is 11.6 Å². The zero-order chi connectivity index (χ0) is 24.1. The molecule has 9 nitrogen and oxygen atoms in total. The molecule has 10 heteroatoms. The van der Waals surface area contributed by atoms with Crippen LogP contribution in [0.2, 0.25) is 5.02 Å². The summed E-state index contributed by atoms with van der Waals surface area (Å²) in [6, 6.07) is 12.7. The first-order valence-corrected chi connectivity index (χ1v) is 11.1. The molecule has 0 unspecified atom stereocenters. The number of rotatable bonds is 6. The number of nitrogens with zero attached hydrogens (tertiary/aromatic N) is 4. The highest BCUT2D eigenvalue weighted by Gasteiger charge is 2.23. The minimum Gasteiger partial charge on any atom is -0.497 e. The Morgan fingerprint density at radius 1 is 0.912 bits per heavy atom. The number of benzene rings is 2. The van der Waals surface area contributed by atoms with Gasteiger partial charge in [0.1, 0.15) is 29.4 Å². The van der Waals surface area contributed by atoms with Crippen molar-refractivity contribution in [2.75, 3.05) is 57.7 Å². The van der Waals surface area contributed by atoms with Crippen molar-refractivity contribution < 1.29 is 19.0 Å². The third-order valence-corrected chi connectivity index (χ3v) is 5.94. The summed E-state index contributed by atoms with van der Waals surface area (Å²) in [6.07, 6.45) is 1.56. The molecule has 2 aromatic carbocycles. The van der Waals surface area contributed by atoms with Crippen LogP contribution < -0.4 is 24.4 Å². The van der Waals surface area contributed by atoms with Gasteiger partial charge in [0.25, 0.3) is 0 Å². The lowest BCUT2D eigenvalue weighted by atomic mass is 10.1. The van der Waals surface area contributed by atoms with E-state index in [1.165, 1.54) is 14.2 Å². The number of hydrogen-bond acceptors (Lipinski definition) is 7. The van der Waals surface area contributed by atoms with E-state index in [2.05, 4.69) is 20.2 Å². The topological polar surface area (TPSA) is 89.1 Å². The van der Waals surface area contributed by atoms with Crippen molar-refractivity contribution in [3.63, 3.8) is 0 Å². The van der Waals surface area contributed by atoms with Crippen LogP contribution in [0, 0.1) is 0 Å². The van der Waals surface area contributed by atoms with Gasteiger partial charge in [0, 0.05) is 43.9 Å². The van der Waals surface area contributed by atoms with Crippen molar-refractivity contribution in [2.24, 2.45) is 0 Å². The lowest BCUT2D eigenvalue weighted by molar-refractivity contribution is 0.208. The van der Waals surface area contributed by atoms with Gasteiger partial charge in [0.15, 0.2) is 0 Å². The van der Waals surface area contributed by atoms with Crippen LogP contribution in [0.5, 0.6) is 17.2 Å². The van der Waals surface area contributed by atoms with Crippen LogP contribution in [-0.2, 0) is 0 Å². The normalized spacial score (nSPS) is 13.4. The Balaban J connectivity index is 1.40. The van der Waals surface area contributed by atoms with Gasteiger partial charge in [0.05, 0.1) is 37.7 Å². The Hall–Kier alpha value is -3.72. The molecule has 0 atom stereocenters. The zero-order valence-electron chi connectivity index (χ0n) is 19.2. The standard InChI is InChI=1S/C24H26ClN5O4/c1-32-17-6-4-16(5-7-17)19-13-23(27-15-26-19)29-8-10-30(11-9-29)24(31)28-20-12-18(25)21(33-2)14-22(20)34-3/h4-7,12-15H,8-11H2,1-3H3,(H,28,31). The van der Waals surface area contributed by atoms with Gasteiger partial charge in [0.2, 0.25) is 0 Å². The molecule has 0 aliphatic carbocycles. The predicted molar refractivity (Wildman–Crippen MR) is 131 cm³/mol. The number of piperazine rings is 1. The first-order valence-electron chi connectivity index (χ1n) is 10.7. The number of carbonyl (C=O) groups excluding carboxylic acids is 1. The molecule has 34 heavy (non-hydrogen) atoms. The fraction of sp³-hybridized carbons (Fsp3) is 0.292. The van der Waals surface area contributed by atoms with E-state index in [1.54, 1.807) is 30.5 Å². The molecule has 0 bridgehead atoms. The van der Waals surface area contributed by atoms with Crippen molar-refractivity contribution in [2.45, 2.75) is 0 Å². The summed E-state index contributed by atoms with van der Waals surface area (Å²) < 4.78 is 15.8. The molecule has 3 aromatic rings. The number of amides is 2. The number of methoxy groups -OCH3 is 3. The molecule has 0 radical (unpaired) electrons. The monoisotopic (exact) mass is 483 g/mol. The smallest absolute Gasteiger partial charge is 0.322 e. The van der Waals surface area contributed by atoms with Crippen molar-refractivity contribution in [1.82, 2.24) is 14.9 Å². The third kappa shape index (κ3) is 5.09. The SMILES string of the molecule is COc1ccc(-c2cc(N3CCN(C(=O)Nc4cc(Cl)c(OC)cc4OC)CC3)ncn2)cc1. The summed E-state index contributed by atoms with van der Waals surface area (Å²) in [6.45, 7) is 2.37. The minimum atomic E-state index is -0.221. The lowest BCUT2D eigenvalue weighted by Crippen LogP contribution is -2.50. The van der Waals surface area contributed by atoms with E-state index in [4.69, 9.17) is 25.8 Å². The van der Waals surface area contributed by atoms with Crippen molar-refractivity contribution in [3.8, 4) is 28.5 Å². The summed E-state index contributed by atoms with van der Waals surface area (Å²) in [5.74, 6) is 2.57. The molecule has 1 aliphatic heterocycles. The van der Waals surface area contributed by atoms with Crippen LogP contribution in [0.15, 0.2) is 48.8 Å². The van der Waals surface area contributed by atoms with Gasteiger partial charge in [-0.25, -0.2) is 14.8 Å². The number of urea groups is 1. The molecule has 1 saturated heterocycles. The summed E-state index contributed by atoms with van der Waals surface area (Å²) in [5.41, 5.74) is 2.30. The number of anilines is 2. The molecule has 178 valence electrons. The average molecular weight is 484 g/mol. The van der Waals surface area contributed by atoms with Crippen LogP contribution >= 0.6 is 11.6 Å². The van der Waals surface area contributed by atoms with Crippen molar-refractivity contribution in [1.29, 1.82) is 0 Å². The molecule has 2 heterocycles. The van der Waals surface area contributed by atoms with E-state index >= 15 is 0 Å². The van der Waals surface area contributed by atoms with E-state index < -0.39 is 0 Å². The maximum atomic E-state index is 12.9. The number of halogens is 1. The quantitative estimate of drug-likeness (QED) is 0.562. The first-order chi connectivity index (χ1) is 16.5. The second kappa shape index (κ2) is 10.5. The van der Waals surface area contributed by atoms with E-state index in [-0.39, 0.29) is 6.03 Å². The fourth-order valence-corrected chi connectivity index (χ4v) is 3.97. The predicted octanol–water partition coefficient (Wildman–Crippen LogP) is 4.18. The van der Waals surface area contributed by atoms with Crippen molar-refractivity contribution in [3.05, 3.63) is 53.8 Å². The Morgan fingerprint density at radius 2 is 1.62 bits per heavy atom. The van der Waals surface area contributed by atoms with Gasteiger partial charge in [-0.2, -0.15) is 0 Å². The number of nitrogens with one attached hydrogen (secondary N) is 1. The van der Waals surface area contributed by atoms with E-state index in [9.17, 15) is 4.79 Å². The second-order valence-corrected chi connectivity index (χ2v) is 7.99. The summed E-state index contributed by atoms with van der Waals surface area (Å²) in [4.78, 5) is 25.6. The summed E-state index contributed by atoms with van der Waals surface area (Å²) >= 11 is 6.22. The van der Waals surface area contributed by atoms with Gasteiger partial charge in [-0.3, -0.25) is 0 Å². The average Bonchev–Trinajstić information content (AvgIpc) is 2.89. The number of aromatic nitrogens is 2. The Morgan fingerprint density at radius 3 is 2.26 bits per heavy atom. The fourth-order valence-electron chi connectivity index (χ4n) is 3.73. The lowest BCUT2D eigenvalue weighted by Gasteiger charge is -2.35. The third-order valence-electron chi connectivity index (χ3n) is 5.64. The van der Waals surface area contributed by atoms with Gasteiger partial charge in [-0.05, 0) is 30.3 Å². The Kier molecular flexibility index (Phi) is 7.22. The highest BCUT2D eigenvalue weighted by molar-refractivity contribution is 6.32. The zero-order valence-corrected chi connectivity index (χ0v) is 20.0. The van der Waals surface area contributed by atoms with E-state index in [0.29, 0.717) is 48.4 Å². The second-order valence-electron chi connectivity index (χ2n) is 7.58. The van der Waals surface area contributed by atoms with Crippen LogP contribution in [-0.4, -0.2) is 68.4 Å². The molecule has 0 spiro atoms. The van der Waals surface area contributed by atoms with Crippen LogP contribution in [0.1, 0.15) is 0 Å². The summed E-state index contributed by atoms with van der Waals surface area (Å²) in [7, 11) is 4.69. The summed E-state index contributed by atoms with van der Waals surface area (Å²) in [5, 5.41) is 3.27. The molecule has 1 aliphatic rings. The maximum absolute atomic E-state index is 12.9. The van der Waals surface area contributed by atoms with E-state index in [1.807, 2.05) is 30.3 Å². The molecule has 1 N–H and O–H groups in total. The molecule has 0 saturated carbocycles. The minimum absolute atomic E-state index is 0.221. The largest absolute Gasteiger partial charge is 0.497 e. The van der Waals surface area contributed by atoms with Crippen LogP contribution in [0.25, 0.3) is 11.3 Å². The molecular formula is C24H26ClN5O4. The molecular weight excluding hydrogens is 458 g/mol. The van der Waals surface area contributed by atoms with E-state index in [0.717, 1.165) is 22.8 Å². The van der Waals surface area contributed by atoms with Gasteiger partial charge >= 0.3 is 6.03 Å². The number of carbonyl (C=O) groups is 1.